The first-order valence-corrected chi connectivity index (χ1v) is 12.7. The number of benzene rings is 2. The zero-order valence-electron chi connectivity index (χ0n) is 20.6. The summed E-state index contributed by atoms with van der Waals surface area (Å²) < 4.78 is 18.0. The zero-order valence-corrected chi connectivity index (χ0v) is 20.6. The van der Waals surface area contributed by atoms with Crippen molar-refractivity contribution in [3.8, 4) is 11.1 Å². The van der Waals surface area contributed by atoms with Crippen molar-refractivity contribution in [2.45, 2.75) is 25.8 Å². The number of rotatable bonds is 5. The van der Waals surface area contributed by atoms with Crippen LogP contribution in [0.2, 0.25) is 0 Å². The van der Waals surface area contributed by atoms with Crippen molar-refractivity contribution in [1.29, 1.82) is 0 Å². The van der Waals surface area contributed by atoms with Crippen molar-refractivity contribution in [3.05, 3.63) is 84.7 Å². The number of nitrogens with one attached hydrogen (secondary N) is 1. The summed E-state index contributed by atoms with van der Waals surface area (Å²) in [7, 11) is 0. The van der Waals surface area contributed by atoms with Gasteiger partial charge < -0.3 is 16.0 Å². The lowest BCUT2D eigenvalue weighted by Gasteiger charge is -2.19. The minimum absolute atomic E-state index is 0.0178. The molecular formula is C29H29FN6O. The highest BCUT2D eigenvalue weighted by molar-refractivity contribution is 6.05. The van der Waals surface area contributed by atoms with Gasteiger partial charge in [0.25, 0.3) is 5.91 Å². The van der Waals surface area contributed by atoms with Gasteiger partial charge in [0.05, 0.1) is 5.39 Å². The van der Waals surface area contributed by atoms with E-state index in [9.17, 15) is 4.79 Å². The molecule has 1 aliphatic heterocycles. The summed E-state index contributed by atoms with van der Waals surface area (Å²) in [5.74, 6) is 0.735. The predicted octanol–water partition coefficient (Wildman–Crippen LogP) is 5.49. The van der Waals surface area contributed by atoms with Crippen LogP contribution in [0.4, 0.5) is 15.9 Å². The summed E-state index contributed by atoms with van der Waals surface area (Å²) in [4.78, 5) is 23.7. The number of para-hydroxylation sites is 1. The maximum atomic E-state index is 16.3. The molecule has 0 spiro atoms. The van der Waals surface area contributed by atoms with Gasteiger partial charge in [-0.3, -0.25) is 9.36 Å². The molecule has 2 fully saturated rings. The number of nitrogen functional groups attached to an aromatic ring is 1. The average molecular weight is 497 g/mol. The third kappa shape index (κ3) is 4.12. The van der Waals surface area contributed by atoms with Crippen molar-refractivity contribution < 1.29 is 9.18 Å². The SMILES string of the molecule is CC=CN1CC2CC(n3c(F)c(-c4ccc(C(=O)Nc5ccccc5)cc4)c4c(N)ncnc43)CC2C1. The highest BCUT2D eigenvalue weighted by Crippen LogP contribution is 2.47. The minimum Gasteiger partial charge on any atom is -0.383 e. The van der Waals surface area contributed by atoms with Crippen LogP contribution in [0.1, 0.15) is 36.2 Å². The molecule has 8 heteroatoms. The van der Waals surface area contributed by atoms with E-state index < -0.39 is 0 Å². The van der Waals surface area contributed by atoms with Crippen LogP contribution in [0.5, 0.6) is 0 Å². The van der Waals surface area contributed by atoms with Crippen LogP contribution in [0.15, 0.2) is 73.2 Å². The van der Waals surface area contributed by atoms with Crippen LogP contribution in [0, 0.1) is 17.8 Å². The lowest BCUT2D eigenvalue weighted by Crippen LogP contribution is -2.17. The number of carbonyl (C=O) groups excluding carboxylic acids is 1. The van der Waals surface area contributed by atoms with E-state index in [0.717, 1.165) is 25.9 Å². The quantitative estimate of drug-likeness (QED) is 0.382. The van der Waals surface area contributed by atoms with E-state index in [2.05, 4.69) is 32.5 Å². The first-order chi connectivity index (χ1) is 18.0. The van der Waals surface area contributed by atoms with Crippen LogP contribution < -0.4 is 11.1 Å². The fourth-order valence-corrected chi connectivity index (χ4v) is 6.09. The third-order valence-corrected chi connectivity index (χ3v) is 7.70. The number of halogens is 1. The molecule has 1 saturated heterocycles. The van der Waals surface area contributed by atoms with Crippen molar-refractivity contribution in [2.24, 2.45) is 11.8 Å². The molecule has 2 unspecified atom stereocenters. The molecule has 3 N–H and O–H groups in total. The molecule has 6 rings (SSSR count). The number of likely N-dealkylation sites (tertiary alicyclic amines) is 1. The van der Waals surface area contributed by atoms with E-state index in [1.807, 2.05) is 37.3 Å². The van der Waals surface area contributed by atoms with E-state index in [0.29, 0.717) is 45.2 Å². The number of hydrogen-bond donors (Lipinski definition) is 2. The zero-order chi connectivity index (χ0) is 25.5. The largest absolute Gasteiger partial charge is 0.383 e. The highest BCUT2D eigenvalue weighted by atomic mass is 19.1. The molecule has 7 nitrogen and oxygen atoms in total. The normalized spacial score (nSPS) is 21.1. The maximum Gasteiger partial charge on any atom is 0.255 e. The van der Waals surface area contributed by atoms with Crippen LogP contribution >= 0.6 is 0 Å². The molecule has 2 atom stereocenters. The Bertz CT molecular complexity index is 1470. The lowest BCUT2D eigenvalue weighted by molar-refractivity contribution is 0.102. The molecule has 4 aromatic rings. The maximum absolute atomic E-state index is 16.3. The molecular weight excluding hydrogens is 467 g/mol. The van der Waals surface area contributed by atoms with Gasteiger partial charge in [-0.05, 0) is 67.6 Å². The van der Waals surface area contributed by atoms with Crippen LogP contribution in [-0.4, -0.2) is 38.4 Å². The Kier molecular flexibility index (Phi) is 5.87. The smallest absolute Gasteiger partial charge is 0.255 e. The summed E-state index contributed by atoms with van der Waals surface area (Å²) in [6, 6.07) is 16.2. The van der Waals surface area contributed by atoms with Gasteiger partial charge in [-0.25, -0.2) is 9.97 Å². The van der Waals surface area contributed by atoms with Gasteiger partial charge in [-0.15, -0.1) is 0 Å². The van der Waals surface area contributed by atoms with E-state index in [-0.39, 0.29) is 23.7 Å². The molecule has 2 aliphatic rings. The van der Waals surface area contributed by atoms with Crippen LogP contribution in [0.3, 0.4) is 0 Å². The number of carbonyl (C=O) groups is 1. The number of anilines is 2. The molecule has 1 aliphatic carbocycles. The second kappa shape index (κ2) is 9.35. The van der Waals surface area contributed by atoms with E-state index in [4.69, 9.17) is 5.73 Å². The number of nitrogens with two attached hydrogens (primary N) is 1. The highest BCUT2D eigenvalue weighted by Gasteiger charge is 2.42. The first kappa shape index (κ1) is 23.2. The second-order valence-corrected chi connectivity index (χ2v) is 9.97. The third-order valence-electron chi connectivity index (χ3n) is 7.70. The van der Waals surface area contributed by atoms with Gasteiger partial charge in [-0.2, -0.15) is 4.39 Å². The summed E-state index contributed by atoms with van der Waals surface area (Å²) in [6.07, 6.45) is 7.43. The predicted molar refractivity (Wildman–Crippen MR) is 143 cm³/mol. The Morgan fingerprint density at radius 2 is 1.76 bits per heavy atom. The van der Waals surface area contributed by atoms with Crippen molar-refractivity contribution in [2.75, 3.05) is 24.1 Å². The van der Waals surface area contributed by atoms with E-state index >= 15 is 4.39 Å². The lowest BCUT2D eigenvalue weighted by atomic mass is 10.0. The first-order valence-electron chi connectivity index (χ1n) is 12.7. The Morgan fingerprint density at radius 3 is 2.43 bits per heavy atom. The van der Waals surface area contributed by atoms with Crippen molar-refractivity contribution in [3.63, 3.8) is 0 Å². The molecule has 3 heterocycles. The monoisotopic (exact) mass is 496 g/mol. The van der Waals surface area contributed by atoms with Gasteiger partial charge in [0, 0.05) is 35.9 Å². The molecule has 1 saturated carbocycles. The summed E-state index contributed by atoms with van der Waals surface area (Å²) in [5.41, 5.74) is 9.02. The van der Waals surface area contributed by atoms with Crippen molar-refractivity contribution in [1.82, 2.24) is 19.4 Å². The Labute approximate surface area is 214 Å². The number of allylic oxidation sites excluding steroid dienone is 1. The van der Waals surface area contributed by atoms with Gasteiger partial charge in [-0.1, -0.05) is 36.4 Å². The molecule has 0 bridgehead atoms. The van der Waals surface area contributed by atoms with Gasteiger partial charge in [0.1, 0.15) is 17.8 Å². The van der Waals surface area contributed by atoms with Gasteiger partial charge in [0.2, 0.25) is 5.95 Å². The van der Waals surface area contributed by atoms with Crippen LogP contribution in [0.25, 0.3) is 22.2 Å². The summed E-state index contributed by atoms with van der Waals surface area (Å²) >= 11 is 0. The molecule has 37 heavy (non-hydrogen) atoms. The Balaban J connectivity index is 1.32. The fraction of sp³-hybridized carbons (Fsp3) is 0.276. The molecule has 188 valence electrons. The average Bonchev–Trinajstić information content (AvgIpc) is 3.54. The van der Waals surface area contributed by atoms with Crippen molar-refractivity contribution >= 4 is 28.4 Å². The Hall–Kier alpha value is -4.20. The van der Waals surface area contributed by atoms with E-state index in [1.165, 1.54) is 6.33 Å². The summed E-state index contributed by atoms with van der Waals surface area (Å²) in [5, 5.41) is 3.40. The topological polar surface area (TPSA) is 89.1 Å². The molecule has 2 aromatic heterocycles. The number of fused-ring (bicyclic) bond motifs is 2. The molecule has 1 amide bonds. The Morgan fingerprint density at radius 1 is 1.05 bits per heavy atom. The fourth-order valence-electron chi connectivity index (χ4n) is 6.09. The summed E-state index contributed by atoms with van der Waals surface area (Å²) in [6.45, 7) is 4.04. The number of amides is 1. The second-order valence-electron chi connectivity index (χ2n) is 9.97. The molecule has 2 aromatic carbocycles. The number of hydrogen-bond acceptors (Lipinski definition) is 5. The van der Waals surface area contributed by atoms with Gasteiger partial charge in [0.15, 0.2) is 0 Å². The van der Waals surface area contributed by atoms with Crippen LogP contribution in [-0.2, 0) is 0 Å². The minimum atomic E-state index is -0.348. The standard InChI is InChI=1S/C29H29FN6O/c1-2-12-35-15-20-13-23(14-21(20)16-35)36-26(30)24(25-27(31)32-17-33-28(25)36)18-8-10-19(11-9-18)29(37)34-22-6-4-3-5-7-22/h2-12,17,20-21,23H,13-16H2,1H3,(H,34,37)(H2,31,32,33). The number of nitrogens with zero attached hydrogens (tertiary/aromatic N) is 4. The van der Waals surface area contributed by atoms with E-state index in [1.54, 1.807) is 28.8 Å². The molecule has 0 radical (unpaired) electrons. The van der Waals surface area contributed by atoms with Gasteiger partial charge >= 0.3 is 0 Å². The number of aromatic nitrogens is 3.